The van der Waals surface area contributed by atoms with Crippen LogP contribution in [0, 0.1) is 0 Å². The van der Waals surface area contributed by atoms with Crippen LogP contribution in [0.3, 0.4) is 0 Å². The summed E-state index contributed by atoms with van der Waals surface area (Å²) in [5, 5.41) is 8.48. The Bertz CT molecular complexity index is 106. The molecule has 0 aromatic heterocycles. The summed E-state index contributed by atoms with van der Waals surface area (Å²) in [6, 6.07) is 0. The second-order valence-electron chi connectivity index (χ2n) is 2.97. The van der Waals surface area contributed by atoms with Crippen LogP contribution >= 0.6 is 0 Å². The number of nitrogens with zero attached hydrogens (tertiary/aromatic N) is 1. The van der Waals surface area contributed by atoms with Crippen LogP contribution in [0.1, 0.15) is 39.5 Å². The summed E-state index contributed by atoms with van der Waals surface area (Å²) in [6.45, 7) is 5.32. The van der Waals surface area contributed by atoms with Crippen LogP contribution in [0.15, 0.2) is 4.99 Å². The standard InChI is InChI=1S/C9H19NO/c1-9(2)10-7-5-3-4-6-8-11/h11H,3-8H2,1-2H3. The highest BCUT2D eigenvalue weighted by Crippen LogP contribution is 1.98. The molecule has 2 heteroatoms. The smallest absolute Gasteiger partial charge is 0.0431 e. The minimum Gasteiger partial charge on any atom is -0.396 e. The number of hydrogen-bond acceptors (Lipinski definition) is 2. The molecule has 2 nitrogen and oxygen atoms in total. The predicted molar refractivity (Wildman–Crippen MR) is 49.2 cm³/mol. The molecule has 0 spiro atoms. The molecule has 0 aliphatic carbocycles. The molecule has 0 aromatic carbocycles. The van der Waals surface area contributed by atoms with Crippen LogP contribution in [0.4, 0.5) is 0 Å². The van der Waals surface area contributed by atoms with E-state index < -0.39 is 0 Å². The largest absolute Gasteiger partial charge is 0.396 e. The Morgan fingerprint density at radius 3 is 2.27 bits per heavy atom. The molecular weight excluding hydrogens is 138 g/mol. The summed E-state index contributed by atoms with van der Waals surface area (Å²) < 4.78 is 0. The molecule has 1 N–H and O–H groups in total. The molecule has 0 radical (unpaired) electrons. The number of unbranched alkanes of at least 4 members (excludes halogenated alkanes) is 3. The van der Waals surface area contributed by atoms with E-state index in [1.165, 1.54) is 6.42 Å². The van der Waals surface area contributed by atoms with E-state index in [-0.39, 0.29) is 0 Å². The molecule has 11 heavy (non-hydrogen) atoms. The zero-order valence-corrected chi connectivity index (χ0v) is 7.64. The fraction of sp³-hybridized carbons (Fsp3) is 0.889. The van der Waals surface area contributed by atoms with E-state index in [1.54, 1.807) is 0 Å². The first-order valence-electron chi connectivity index (χ1n) is 4.36. The Hall–Kier alpha value is -0.370. The van der Waals surface area contributed by atoms with Crippen LogP contribution in [0.25, 0.3) is 0 Å². The number of aliphatic hydroxyl groups excluding tert-OH is 1. The maximum atomic E-state index is 8.48. The average Bonchev–Trinajstić information content (AvgIpc) is 1.96. The van der Waals surface area contributed by atoms with Gasteiger partial charge >= 0.3 is 0 Å². The van der Waals surface area contributed by atoms with E-state index in [4.69, 9.17) is 5.11 Å². The quantitative estimate of drug-likeness (QED) is 0.464. The third kappa shape index (κ3) is 9.63. The molecule has 0 bridgehead atoms. The summed E-state index contributed by atoms with van der Waals surface area (Å²) in [7, 11) is 0. The fourth-order valence-electron chi connectivity index (χ4n) is 0.880. The molecule has 0 aliphatic rings. The van der Waals surface area contributed by atoms with Crippen LogP contribution in [-0.4, -0.2) is 24.0 Å². The van der Waals surface area contributed by atoms with E-state index in [0.717, 1.165) is 31.5 Å². The van der Waals surface area contributed by atoms with Crippen molar-refractivity contribution < 1.29 is 5.11 Å². The summed E-state index contributed by atoms with van der Waals surface area (Å²) in [6.07, 6.45) is 4.42. The lowest BCUT2D eigenvalue weighted by molar-refractivity contribution is 0.282. The molecule has 0 atom stereocenters. The topological polar surface area (TPSA) is 32.6 Å². The monoisotopic (exact) mass is 157 g/mol. The molecular formula is C9H19NO. The molecule has 0 heterocycles. The number of hydrogen-bond donors (Lipinski definition) is 1. The van der Waals surface area contributed by atoms with E-state index in [9.17, 15) is 0 Å². The fourth-order valence-corrected chi connectivity index (χ4v) is 0.880. The Balaban J connectivity index is 2.97. The van der Waals surface area contributed by atoms with E-state index in [1.807, 2.05) is 13.8 Å². The molecule has 0 fully saturated rings. The van der Waals surface area contributed by atoms with Gasteiger partial charge in [0.05, 0.1) is 0 Å². The van der Waals surface area contributed by atoms with Crippen molar-refractivity contribution in [1.29, 1.82) is 0 Å². The maximum absolute atomic E-state index is 8.48. The van der Waals surface area contributed by atoms with Gasteiger partial charge in [-0.2, -0.15) is 0 Å². The highest BCUT2D eigenvalue weighted by Gasteiger charge is 1.87. The van der Waals surface area contributed by atoms with Crippen LogP contribution in [-0.2, 0) is 0 Å². The van der Waals surface area contributed by atoms with Crippen molar-refractivity contribution in [2.45, 2.75) is 39.5 Å². The van der Waals surface area contributed by atoms with Crippen molar-refractivity contribution in [2.24, 2.45) is 4.99 Å². The third-order valence-corrected chi connectivity index (χ3v) is 1.49. The summed E-state index contributed by atoms with van der Waals surface area (Å²) in [4.78, 5) is 4.28. The first-order chi connectivity index (χ1) is 5.27. The van der Waals surface area contributed by atoms with Gasteiger partial charge in [0.15, 0.2) is 0 Å². The van der Waals surface area contributed by atoms with Gasteiger partial charge in [-0.25, -0.2) is 0 Å². The first kappa shape index (κ1) is 10.6. The second-order valence-corrected chi connectivity index (χ2v) is 2.97. The van der Waals surface area contributed by atoms with E-state index in [2.05, 4.69) is 4.99 Å². The molecule has 66 valence electrons. The van der Waals surface area contributed by atoms with Gasteiger partial charge in [0.1, 0.15) is 0 Å². The number of rotatable bonds is 6. The van der Waals surface area contributed by atoms with Crippen molar-refractivity contribution in [3.63, 3.8) is 0 Å². The first-order valence-corrected chi connectivity index (χ1v) is 4.36. The summed E-state index contributed by atoms with van der Waals surface area (Å²) in [5.41, 5.74) is 1.16. The Morgan fingerprint density at radius 2 is 1.73 bits per heavy atom. The Kier molecular flexibility index (Phi) is 7.47. The van der Waals surface area contributed by atoms with Crippen molar-refractivity contribution in [1.82, 2.24) is 0 Å². The number of aliphatic imine (C=N–C) groups is 1. The van der Waals surface area contributed by atoms with E-state index >= 15 is 0 Å². The van der Waals surface area contributed by atoms with Gasteiger partial charge in [0.2, 0.25) is 0 Å². The molecule has 0 rings (SSSR count). The zero-order chi connectivity index (χ0) is 8.53. The minimum absolute atomic E-state index is 0.329. The average molecular weight is 157 g/mol. The van der Waals surface area contributed by atoms with Crippen LogP contribution in [0.2, 0.25) is 0 Å². The lowest BCUT2D eigenvalue weighted by atomic mass is 10.2. The maximum Gasteiger partial charge on any atom is 0.0431 e. The SMILES string of the molecule is CC(C)=NCCCCCCO. The van der Waals surface area contributed by atoms with Gasteiger partial charge in [-0.1, -0.05) is 12.8 Å². The van der Waals surface area contributed by atoms with Crippen LogP contribution < -0.4 is 0 Å². The molecule has 0 amide bonds. The molecule has 0 saturated heterocycles. The Labute approximate surface area is 69.3 Å². The van der Waals surface area contributed by atoms with E-state index in [0.29, 0.717) is 6.61 Å². The van der Waals surface area contributed by atoms with Gasteiger partial charge in [-0.3, -0.25) is 4.99 Å². The van der Waals surface area contributed by atoms with Crippen molar-refractivity contribution in [2.75, 3.05) is 13.2 Å². The highest BCUT2D eigenvalue weighted by molar-refractivity contribution is 5.78. The molecule has 0 aliphatic heterocycles. The van der Waals surface area contributed by atoms with Gasteiger partial charge in [-0.05, 0) is 26.7 Å². The lowest BCUT2D eigenvalue weighted by Crippen LogP contribution is -1.88. The summed E-state index contributed by atoms with van der Waals surface area (Å²) in [5.74, 6) is 0. The minimum atomic E-state index is 0.329. The van der Waals surface area contributed by atoms with Crippen molar-refractivity contribution in [3.8, 4) is 0 Å². The number of aliphatic hydroxyl groups is 1. The highest BCUT2D eigenvalue weighted by atomic mass is 16.2. The molecule has 0 unspecified atom stereocenters. The zero-order valence-electron chi connectivity index (χ0n) is 7.64. The van der Waals surface area contributed by atoms with Crippen molar-refractivity contribution in [3.05, 3.63) is 0 Å². The van der Waals surface area contributed by atoms with Gasteiger partial charge in [-0.15, -0.1) is 0 Å². The van der Waals surface area contributed by atoms with Gasteiger partial charge in [0, 0.05) is 18.9 Å². The van der Waals surface area contributed by atoms with Gasteiger partial charge < -0.3 is 5.11 Å². The summed E-state index contributed by atoms with van der Waals surface area (Å²) >= 11 is 0. The predicted octanol–water partition coefficient (Wildman–Crippen LogP) is 2.02. The lowest BCUT2D eigenvalue weighted by Gasteiger charge is -1.96. The Morgan fingerprint density at radius 1 is 1.09 bits per heavy atom. The molecule has 0 aromatic rings. The van der Waals surface area contributed by atoms with Crippen molar-refractivity contribution >= 4 is 5.71 Å². The second kappa shape index (κ2) is 7.73. The third-order valence-electron chi connectivity index (χ3n) is 1.49. The van der Waals surface area contributed by atoms with Crippen LogP contribution in [0.5, 0.6) is 0 Å². The molecule has 0 saturated carbocycles. The normalized spacial score (nSPS) is 9.73. The van der Waals surface area contributed by atoms with Gasteiger partial charge in [0.25, 0.3) is 0 Å².